The predicted molar refractivity (Wildman–Crippen MR) is 78.0 cm³/mol. The van der Waals surface area contributed by atoms with E-state index in [2.05, 4.69) is 15.0 Å². The van der Waals surface area contributed by atoms with Crippen molar-refractivity contribution in [2.75, 3.05) is 12.3 Å². The number of ether oxygens (including phenoxy) is 1. The first-order valence-electron chi connectivity index (χ1n) is 7.12. The maximum atomic E-state index is 11.8. The van der Waals surface area contributed by atoms with Gasteiger partial charge in [-0.1, -0.05) is 13.8 Å². The Morgan fingerprint density at radius 3 is 2.91 bits per heavy atom. The Hall–Kier alpha value is -1.97. The molecule has 0 aliphatic carbocycles. The number of nitrogens with two attached hydrogens (primary N) is 1. The lowest BCUT2D eigenvalue weighted by Gasteiger charge is -2.29. The monoisotopic (exact) mass is 309 g/mol. The third-order valence-corrected chi connectivity index (χ3v) is 4.58. The maximum Gasteiger partial charge on any atom is 0.280 e. The molecule has 0 aromatic carbocycles. The number of anilines is 1. The summed E-state index contributed by atoms with van der Waals surface area (Å²) in [6.07, 6.45) is 0.268. The maximum absolute atomic E-state index is 11.8. The van der Waals surface area contributed by atoms with Crippen molar-refractivity contribution in [1.29, 1.82) is 0 Å². The Bertz CT molecular complexity index is 750. The Morgan fingerprint density at radius 1 is 1.59 bits per heavy atom. The molecule has 0 saturated carbocycles. The van der Waals surface area contributed by atoms with E-state index in [1.807, 2.05) is 13.8 Å². The number of imidazole rings is 1. The van der Waals surface area contributed by atoms with Crippen LogP contribution < -0.4 is 11.3 Å². The topological polar surface area (TPSA) is 139 Å². The summed E-state index contributed by atoms with van der Waals surface area (Å²) in [6.45, 7) is 3.49. The number of nitrogens with zero attached hydrogens (tertiary/aromatic N) is 3. The molecule has 0 radical (unpaired) electrons. The molecule has 2 aromatic heterocycles. The molecule has 22 heavy (non-hydrogen) atoms. The van der Waals surface area contributed by atoms with Crippen molar-refractivity contribution in [3.63, 3.8) is 0 Å². The predicted octanol–water partition coefficient (Wildman–Crippen LogP) is -0.631. The number of hydrogen-bond donors (Lipinski definition) is 4. The number of fused-ring (bicyclic) bond motifs is 1. The van der Waals surface area contributed by atoms with Gasteiger partial charge in [-0.25, -0.2) is 4.98 Å². The molecule has 1 saturated heterocycles. The smallest absolute Gasteiger partial charge is 0.280 e. The molecule has 3 rings (SSSR count). The summed E-state index contributed by atoms with van der Waals surface area (Å²) in [7, 11) is 0. The standard InChI is InChI=1S/C13H19N5O4/c1-3-13(4-19)6(2)8(20)11(22-13)18-5-15-7-9(18)16-12(14)17-10(7)21/h5-6,8,11,19-20H,3-4H2,1-2H3,(H3,14,16,17,21)/t6-,8-,11-,13-/m1/s1. The van der Waals surface area contributed by atoms with Gasteiger partial charge in [0.25, 0.3) is 5.56 Å². The number of aliphatic hydroxyl groups excluding tert-OH is 2. The summed E-state index contributed by atoms with van der Waals surface area (Å²) in [5, 5.41) is 20.2. The third-order valence-electron chi connectivity index (χ3n) is 4.58. The fourth-order valence-corrected chi connectivity index (χ4v) is 3.02. The number of nitrogens with one attached hydrogen (secondary N) is 1. The Kier molecular flexibility index (Phi) is 3.42. The number of rotatable bonds is 3. The lowest BCUT2D eigenvalue weighted by molar-refractivity contribution is -0.115. The van der Waals surface area contributed by atoms with E-state index in [1.54, 1.807) is 0 Å². The molecule has 5 N–H and O–H groups in total. The molecule has 3 heterocycles. The van der Waals surface area contributed by atoms with Gasteiger partial charge >= 0.3 is 0 Å². The van der Waals surface area contributed by atoms with E-state index in [0.29, 0.717) is 6.42 Å². The van der Waals surface area contributed by atoms with Gasteiger partial charge in [-0.3, -0.25) is 14.3 Å². The van der Waals surface area contributed by atoms with Crippen molar-refractivity contribution in [1.82, 2.24) is 19.5 Å². The highest BCUT2D eigenvalue weighted by Gasteiger charge is 2.52. The highest BCUT2D eigenvalue weighted by molar-refractivity contribution is 5.70. The van der Waals surface area contributed by atoms with Gasteiger partial charge in [0, 0.05) is 5.92 Å². The van der Waals surface area contributed by atoms with Crippen LogP contribution in [0.2, 0.25) is 0 Å². The van der Waals surface area contributed by atoms with Crippen molar-refractivity contribution in [3.8, 4) is 0 Å². The van der Waals surface area contributed by atoms with Crippen LogP contribution >= 0.6 is 0 Å². The van der Waals surface area contributed by atoms with Crippen LogP contribution in [0.25, 0.3) is 11.2 Å². The highest BCUT2D eigenvalue weighted by Crippen LogP contribution is 2.43. The number of nitrogen functional groups attached to an aromatic ring is 1. The molecule has 1 fully saturated rings. The second-order valence-electron chi connectivity index (χ2n) is 5.64. The van der Waals surface area contributed by atoms with E-state index < -0.39 is 23.5 Å². The Labute approximate surface area is 125 Å². The Balaban J connectivity index is 2.11. The van der Waals surface area contributed by atoms with Gasteiger partial charge in [-0.05, 0) is 6.42 Å². The Morgan fingerprint density at radius 2 is 2.32 bits per heavy atom. The molecule has 9 heteroatoms. The van der Waals surface area contributed by atoms with Crippen molar-refractivity contribution >= 4 is 17.1 Å². The van der Waals surface area contributed by atoms with E-state index >= 15 is 0 Å². The summed E-state index contributed by atoms with van der Waals surface area (Å²) in [6, 6.07) is 0. The number of H-pyrrole nitrogens is 1. The zero-order valence-electron chi connectivity index (χ0n) is 12.4. The second-order valence-corrected chi connectivity index (χ2v) is 5.64. The van der Waals surface area contributed by atoms with E-state index in [1.165, 1.54) is 10.9 Å². The SMILES string of the molecule is CC[C@]1(CO)O[C@@H](n2cnc3c(=O)[nH]c(N)nc32)[C@H](O)[C@H]1C. The van der Waals surface area contributed by atoms with Crippen LogP contribution in [-0.2, 0) is 4.74 Å². The van der Waals surface area contributed by atoms with E-state index in [-0.39, 0.29) is 29.6 Å². The highest BCUT2D eigenvalue weighted by atomic mass is 16.6. The zero-order chi connectivity index (χ0) is 16.1. The average Bonchev–Trinajstić information content (AvgIpc) is 3.01. The molecular weight excluding hydrogens is 290 g/mol. The molecule has 1 aliphatic rings. The molecule has 0 unspecified atom stereocenters. The van der Waals surface area contributed by atoms with Crippen LogP contribution in [0.4, 0.5) is 5.95 Å². The van der Waals surface area contributed by atoms with Crippen molar-refractivity contribution in [2.24, 2.45) is 5.92 Å². The van der Waals surface area contributed by atoms with E-state index in [0.717, 1.165) is 0 Å². The van der Waals surface area contributed by atoms with Crippen LogP contribution in [0.1, 0.15) is 26.5 Å². The molecule has 0 spiro atoms. The van der Waals surface area contributed by atoms with Gasteiger partial charge in [0.1, 0.15) is 6.10 Å². The zero-order valence-corrected chi connectivity index (χ0v) is 12.4. The molecule has 120 valence electrons. The second kappa shape index (κ2) is 5.04. The molecule has 9 nitrogen and oxygen atoms in total. The fourth-order valence-electron chi connectivity index (χ4n) is 3.02. The lowest BCUT2D eigenvalue weighted by atomic mass is 9.85. The minimum absolute atomic E-state index is 0.0382. The fraction of sp³-hybridized carbons (Fsp3) is 0.615. The molecular formula is C13H19N5O4. The summed E-state index contributed by atoms with van der Waals surface area (Å²) in [5.74, 6) is -0.326. The molecule has 0 amide bonds. The van der Waals surface area contributed by atoms with Gasteiger partial charge in [-0.2, -0.15) is 4.98 Å². The van der Waals surface area contributed by atoms with Gasteiger partial charge < -0.3 is 20.7 Å². The molecule has 4 atom stereocenters. The quantitative estimate of drug-likeness (QED) is 0.591. The minimum Gasteiger partial charge on any atom is -0.393 e. The summed E-state index contributed by atoms with van der Waals surface area (Å²) in [5.41, 5.74) is 4.63. The van der Waals surface area contributed by atoms with Crippen molar-refractivity contribution in [3.05, 3.63) is 16.7 Å². The number of aromatic amines is 1. The normalized spacial score (nSPS) is 31.9. The van der Waals surface area contributed by atoms with Crippen LogP contribution in [0.15, 0.2) is 11.1 Å². The summed E-state index contributed by atoms with van der Waals surface area (Å²) >= 11 is 0. The molecule has 2 aromatic rings. The first-order chi connectivity index (χ1) is 10.4. The number of aliphatic hydroxyl groups is 2. The van der Waals surface area contributed by atoms with Crippen molar-refractivity contribution < 1.29 is 14.9 Å². The van der Waals surface area contributed by atoms with E-state index in [9.17, 15) is 15.0 Å². The van der Waals surface area contributed by atoms with Crippen LogP contribution in [0, 0.1) is 5.92 Å². The minimum atomic E-state index is -0.869. The summed E-state index contributed by atoms with van der Waals surface area (Å²) < 4.78 is 7.42. The lowest BCUT2D eigenvalue weighted by Crippen LogP contribution is -2.39. The van der Waals surface area contributed by atoms with Gasteiger partial charge in [0.15, 0.2) is 17.4 Å². The van der Waals surface area contributed by atoms with Crippen LogP contribution in [0.5, 0.6) is 0 Å². The average molecular weight is 309 g/mol. The van der Waals surface area contributed by atoms with Gasteiger partial charge in [-0.15, -0.1) is 0 Å². The van der Waals surface area contributed by atoms with E-state index in [4.69, 9.17) is 10.5 Å². The number of hydrogen-bond acceptors (Lipinski definition) is 7. The van der Waals surface area contributed by atoms with Gasteiger partial charge in [0.2, 0.25) is 5.95 Å². The van der Waals surface area contributed by atoms with Crippen molar-refractivity contribution in [2.45, 2.75) is 38.2 Å². The first-order valence-corrected chi connectivity index (χ1v) is 7.12. The van der Waals surface area contributed by atoms with Crippen LogP contribution in [-0.4, -0.2) is 48.0 Å². The molecule has 1 aliphatic heterocycles. The molecule has 0 bridgehead atoms. The largest absolute Gasteiger partial charge is 0.393 e. The van der Waals surface area contributed by atoms with Crippen LogP contribution in [0.3, 0.4) is 0 Å². The first kappa shape index (κ1) is 14.9. The third kappa shape index (κ3) is 1.93. The summed E-state index contributed by atoms with van der Waals surface area (Å²) in [4.78, 5) is 22.3. The number of aromatic nitrogens is 4. The van der Waals surface area contributed by atoms with Gasteiger partial charge in [0.05, 0.1) is 18.5 Å².